The molecule has 0 aliphatic heterocycles. The third kappa shape index (κ3) is 3.07. The van der Waals surface area contributed by atoms with Crippen molar-refractivity contribution >= 4 is 0 Å². The number of nitrogens with two attached hydrogens (primary N) is 1. The Balaban J connectivity index is 2.90. The van der Waals surface area contributed by atoms with Gasteiger partial charge in [-0.2, -0.15) is 0 Å². The summed E-state index contributed by atoms with van der Waals surface area (Å²) in [6, 6.07) is 8.43. The van der Waals surface area contributed by atoms with Crippen LogP contribution in [0.4, 0.5) is 0 Å². The van der Waals surface area contributed by atoms with Crippen LogP contribution >= 0.6 is 0 Å². The van der Waals surface area contributed by atoms with Gasteiger partial charge in [-0.05, 0) is 37.3 Å². The monoisotopic (exact) mass is 205 g/mol. The normalized spacial score (nSPS) is 17.1. The fraction of sp³-hybridized carbons (Fsp3) is 0.571. The van der Waals surface area contributed by atoms with Crippen molar-refractivity contribution in [1.29, 1.82) is 0 Å². The fourth-order valence-electron chi connectivity index (χ4n) is 2.19. The summed E-state index contributed by atoms with van der Waals surface area (Å²) in [5.41, 5.74) is 8.80. The minimum Gasteiger partial charge on any atom is -0.322 e. The maximum Gasteiger partial charge on any atom is 0.0386 e. The summed E-state index contributed by atoms with van der Waals surface area (Å²) in [6.45, 7) is 8.76. The first-order chi connectivity index (χ1) is 6.97. The summed E-state index contributed by atoms with van der Waals surface area (Å²) in [7, 11) is 0. The maximum atomic E-state index is 6.42. The molecule has 0 bridgehead atoms. The summed E-state index contributed by atoms with van der Waals surface area (Å²) in [6.07, 6.45) is 2.24. The van der Waals surface area contributed by atoms with Crippen molar-refractivity contribution < 1.29 is 0 Å². The lowest BCUT2D eigenvalue weighted by atomic mass is 9.82. The standard InChI is InChI=1S/C14H23N/c1-5-11(2)10-14(4,15)13-9-7-6-8-12(13)3/h6-9,11H,5,10,15H2,1-4H3. The van der Waals surface area contributed by atoms with Crippen molar-refractivity contribution in [3.8, 4) is 0 Å². The van der Waals surface area contributed by atoms with Crippen molar-refractivity contribution in [2.45, 2.75) is 46.1 Å². The molecule has 0 saturated carbocycles. The van der Waals surface area contributed by atoms with E-state index >= 15 is 0 Å². The van der Waals surface area contributed by atoms with E-state index in [0.29, 0.717) is 5.92 Å². The highest BCUT2D eigenvalue weighted by Crippen LogP contribution is 2.28. The topological polar surface area (TPSA) is 26.0 Å². The van der Waals surface area contributed by atoms with Crippen LogP contribution in [0.3, 0.4) is 0 Å². The van der Waals surface area contributed by atoms with Crippen molar-refractivity contribution in [1.82, 2.24) is 0 Å². The minimum absolute atomic E-state index is 0.194. The second-order valence-electron chi connectivity index (χ2n) is 4.95. The zero-order valence-electron chi connectivity index (χ0n) is 10.4. The van der Waals surface area contributed by atoms with E-state index in [1.165, 1.54) is 17.5 Å². The first kappa shape index (κ1) is 12.3. The number of benzene rings is 1. The summed E-state index contributed by atoms with van der Waals surface area (Å²) in [5.74, 6) is 0.680. The molecule has 0 amide bonds. The van der Waals surface area contributed by atoms with Crippen LogP contribution in [0, 0.1) is 12.8 Å². The Labute approximate surface area is 93.7 Å². The lowest BCUT2D eigenvalue weighted by Crippen LogP contribution is -2.35. The van der Waals surface area contributed by atoms with Crippen molar-refractivity contribution in [3.63, 3.8) is 0 Å². The van der Waals surface area contributed by atoms with Crippen LogP contribution in [-0.2, 0) is 5.54 Å². The second kappa shape index (κ2) is 4.80. The number of hydrogen-bond donors (Lipinski definition) is 1. The lowest BCUT2D eigenvalue weighted by Gasteiger charge is -2.29. The molecule has 1 rings (SSSR count). The Morgan fingerprint density at radius 3 is 2.47 bits per heavy atom. The van der Waals surface area contributed by atoms with Crippen LogP contribution in [0.15, 0.2) is 24.3 Å². The van der Waals surface area contributed by atoms with Gasteiger partial charge in [-0.3, -0.25) is 0 Å². The molecule has 2 atom stereocenters. The first-order valence-electron chi connectivity index (χ1n) is 5.82. The van der Waals surface area contributed by atoms with Crippen LogP contribution in [0.1, 0.15) is 44.7 Å². The predicted molar refractivity (Wildman–Crippen MR) is 66.8 cm³/mol. The van der Waals surface area contributed by atoms with Gasteiger partial charge in [-0.15, -0.1) is 0 Å². The van der Waals surface area contributed by atoms with E-state index in [-0.39, 0.29) is 5.54 Å². The Kier molecular flexibility index (Phi) is 3.92. The predicted octanol–water partition coefficient (Wildman–Crippen LogP) is 3.61. The van der Waals surface area contributed by atoms with Crippen LogP contribution < -0.4 is 5.73 Å². The van der Waals surface area contributed by atoms with Gasteiger partial charge in [0.15, 0.2) is 0 Å². The van der Waals surface area contributed by atoms with E-state index in [1.54, 1.807) is 0 Å². The molecule has 0 aliphatic rings. The molecule has 15 heavy (non-hydrogen) atoms. The highest BCUT2D eigenvalue weighted by atomic mass is 14.7. The van der Waals surface area contributed by atoms with Gasteiger partial charge in [-0.25, -0.2) is 0 Å². The first-order valence-corrected chi connectivity index (χ1v) is 5.82. The summed E-state index contributed by atoms with van der Waals surface area (Å²) in [5, 5.41) is 0. The lowest BCUT2D eigenvalue weighted by molar-refractivity contribution is 0.355. The van der Waals surface area contributed by atoms with Gasteiger partial charge < -0.3 is 5.73 Å². The second-order valence-corrected chi connectivity index (χ2v) is 4.95. The van der Waals surface area contributed by atoms with E-state index in [0.717, 1.165) is 6.42 Å². The van der Waals surface area contributed by atoms with Gasteiger partial charge >= 0.3 is 0 Å². The minimum atomic E-state index is -0.194. The average Bonchev–Trinajstić information content (AvgIpc) is 2.17. The van der Waals surface area contributed by atoms with Crippen LogP contribution in [0.25, 0.3) is 0 Å². The molecule has 1 heteroatoms. The molecule has 1 aromatic carbocycles. The van der Waals surface area contributed by atoms with Crippen molar-refractivity contribution in [3.05, 3.63) is 35.4 Å². The van der Waals surface area contributed by atoms with Gasteiger partial charge in [0.2, 0.25) is 0 Å². The van der Waals surface area contributed by atoms with Crippen LogP contribution in [-0.4, -0.2) is 0 Å². The molecular formula is C14H23N. The Bertz CT molecular complexity index is 315. The molecule has 0 heterocycles. The Hall–Kier alpha value is -0.820. The molecule has 1 nitrogen and oxygen atoms in total. The molecule has 0 aliphatic carbocycles. The molecule has 2 unspecified atom stereocenters. The molecular weight excluding hydrogens is 182 g/mol. The highest BCUT2D eigenvalue weighted by molar-refractivity contribution is 5.31. The van der Waals surface area contributed by atoms with Crippen LogP contribution in [0.5, 0.6) is 0 Å². The van der Waals surface area contributed by atoms with E-state index in [9.17, 15) is 0 Å². The molecule has 0 aromatic heterocycles. The molecule has 0 radical (unpaired) electrons. The zero-order chi connectivity index (χ0) is 11.5. The van der Waals surface area contributed by atoms with E-state index in [2.05, 4.69) is 52.0 Å². The Morgan fingerprint density at radius 2 is 1.93 bits per heavy atom. The third-order valence-corrected chi connectivity index (χ3v) is 3.23. The van der Waals surface area contributed by atoms with Gasteiger partial charge in [0.05, 0.1) is 0 Å². The smallest absolute Gasteiger partial charge is 0.0386 e. The molecule has 84 valence electrons. The van der Waals surface area contributed by atoms with E-state index < -0.39 is 0 Å². The molecule has 2 N–H and O–H groups in total. The van der Waals surface area contributed by atoms with Crippen molar-refractivity contribution in [2.75, 3.05) is 0 Å². The highest BCUT2D eigenvalue weighted by Gasteiger charge is 2.24. The maximum absolute atomic E-state index is 6.42. The third-order valence-electron chi connectivity index (χ3n) is 3.23. The summed E-state index contributed by atoms with van der Waals surface area (Å²) in [4.78, 5) is 0. The largest absolute Gasteiger partial charge is 0.322 e. The SMILES string of the molecule is CCC(C)CC(C)(N)c1ccccc1C. The zero-order valence-corrected chi connectivity index (χ0v) is 10.4. The van der Waals surface area contributed by atoms with E-state index in [4.69, 9.17) is 5.73 Å². The van der Waals surface area contributed by atoms with E-state index in [1.807, 2.05) is 0 Å². The van der Waals surface area contributed by atoms with Gasteiger partial charge in [0.1, 0.15) is 0 Å². The number of rotatable bonds is 4. The molecule has 0 saturated heterocycles. The fourth-order valence-corrected chi connectivity index (χ4v) is 2.19. The summed E-state index contributed by atoms with van der Waals surface area (Å²) >= 11 is 0. The average molecular weight is 205 g/mol. The number of hydrogen-bond acceptors (Lipinski definition) is 1. The van der Waals surface area contributed by atoms with Gasteiger partial charge in [-0.1, -0.05) is 44.5 Å². The van der Waals surface area contributed by atoms with Crippen molar-refractivity contribution in [2.24, 2.45) is 11.7 Å². The quantitative estimate of drug-likeness (QED) is 0.798. The van der Waals surface area contributed by atoms with Crippen LogP contribution in [0.2, 0.25) is 0 Å². The summed E-state index contributed by atoms with van der Waals surface area (Å²) < 4.78 is 0. The molecule has 0 spiro atoms. The van der Waals surface area contributed by atoms with Gasteiger partial charge in [0.25, 0.3) is 0 Å². The van der Waals surface area contributed by atoms with Gasteiger partial charge in [0, 0.05) is 5.54 Å². The molecule has 0 fully saturated rings. The Morgan fingerprint density at radius 1 is 1.33 bits per heavy atom. The number of aryl methyl sites for hydroxylation is 1. The molecule has 1 aromatic rings.